The van der Waals surface area contributed by atoms with Gasteiger partial charge in [-0.3, -0.25) is 14.9 Å². The smallest absolute Gasteiger partial charge is 0.321 e. The standard InChI is InChI=1S/C13H23N3O4/c1-2-16-8-4-5-10(9-16)14-13(20)15-11(17)6-3-7-12(18)19/h10H,2-9H2,1H3,(H,18,19)(H2,14,15,17,20). The Labute approximate surface area is 118 Å². The highest BCUT2D eigenvalue weighted by Gasteiger charge is 2.20. The Hall–Kier alpha value is -1.63. The molecule has 0 bridgehead atoms. The third-order valence-electron chi connectivity index (χ3n) is 3.34. The van der Waals surface area contributed by atoms with Gasteiger partial charge in [0.2, 0.25) is 5.91 Å². The number of amides is 3. The van der Waals surface area contributed by atoms with Crippen molar-refractivity contribution < 1.29 is 19.5 Å². The van der Waals surface area contributed by atoms with Crippen LogP contribution in [0, 0.1) is 0 Å². The average Bonchev–Trinajstić information content (AvgIpc) is 2.38. The lowest BCUT2D eigenvalue weighted by atomic mass is 10.1. The second kappa shape index (κ2) is 8.52. The van der Waals surface area contributed by atoms with E-state index in [9.17, 15) is 14.4 Å². The van der Waals surface area contributed by atoms with Gasteiger partial charge >= 0.3 is 12.0 Å². The number of piperidine rings is 1. The molecule has 3 amide bonds. The van der Waals surface area contributed by atoms with E-state index in [0.717, 1.165) is 32.5 Å². The summed E-state index contributed by atoms with van der Waals surface area (Å²) in [5, 5.41) is 13.5. The number of nitrogens with one attached hydrogen (secondary N) is 2. The summed E-state index contributed by atoms with van der Waals surface area (Å²) in [6.45, 7) is 4.88. The van der Waals surface area contributed by atoms with Crippen molar-refractivity contribution >= 4 is 17.9 Å². The predicted octanol–water partition coefficient (Wildman–Crippen LogP) is 0.551. The topological polar surface area (TPSA) is 98.7 Å². The van der Waals surface area contributed by atoms with Crippen molar-refractivity contribution in [2.75, 3.05) is 19.6 Å². The maximum absolute atomic E-state index is 11.6. The fourth-order valence-corrected chi connectivity index (χ4v) is 2.27. The van der Waals surface area contributed by atoms with Crippen molar-refractivity contribution in [3.05, 3.63) is 0 Å². The Bertz CT molecular complexity index is 360. The molecule has 1 atom stereocenters. The van der Waals surface area contributed by atoms with Gasteiger partial charge in [-0.05, 0) is 32.4 Å². The Balaban J connectivity index is 2.21. The van der Waals surface area contributed by atoms with Gasteiger partial charge in [0, 0.05) is 25.4 Å². The quantitative estimate of drug-likeness (QED) is 0.662. The molecule has 0 saturated carbocycles. The Morgan fingerprint density at radius 1 is 1.30 bits per heavy atom. The fourth-order valence-electron chi connectivity index (χ4n) is 2.27. The minimum Gasteiger partial charge on any atom is -0.481 e. The monoisotopic (exact) mass is 285 g/mol. The second-order valence-corrected chi connectivity index (χ2v) is 5.00. The molecule has 0 aromatic heterocycles. The minimum atomic E-state index is -0.941. The van der Waals surface area contributed by atoms with Gasteiger partial charge < -0.3 is 15.3 Å². The number of rotatable bonds is 6. The number of carboxylic acids is 1. The summed E-state index contributed by atoms with van der Waals surface area (Å²) in [7, 11) is 0. The van der Waals surface area contributed by atoms with Crippen LogP contribution in [0.25, 0.3) is 0 Å². The summed E-state index contributed by atoms with van der Waals surface area (Å²) in [5.41, 5.74) is 0. The third-order valence-corrected chi connectivity index (χ3v) is 3.34. The van der Waals surface area contributed by atoms with Crippen molar-refractivity contribution in [1.29, 1.82) is 0 Å². The van der Waals surface area contributed by atoms with Crippen LogP contribution in [0.3, 0.4) is 0 Å². The van der Waals surface area contributed by atoms with Crippen LogP contribution in [0.4, 0.5) is 4.79 Å². The molecule has 3 N–H and O–H groups in total. The lowest BCUT2D eigenvalue weighted by molar-refractivity contribution is -0.137. The molecule has 0 spiro atoms. The number of likely N-dealkylation sites (N-methyl/N-ethyl adjacent to an activating group) is 1. The van der Waals surface area contributed by atoms with E-state index in [-0.39, 0.29) is 25.3 Å². The summed E-state index contributed by atoms with van der Waals surface area (Å²) in [6.07, 6.45) is 2.17. The third kappa shape index (κ3) is 6.51. The molecule has 1 aliphatic heterocycles. The highest BCUT2D eigenvalue weighted by molar-refractivity contribution is 5.94. The first-order chi connectivity index (χ1) is 9.51. The SMILES string of the molecule is CCN1CCCC(NC(=O)NC(=O)CCCC(=O)O)C1. The van der Waals surface area contributed by atoms with Crippen molar-refractivity contribution in [2.45, 2.75) is 45.1 Å². The van der Waals surface area contributed by atoms with E-state index in [2.05, 4.69) is 22.5 Å². The molecule has 0 aromatic rings. The van der Waals surface area contributed by atoms with Gasteiger partial charge in [0.1, 0.15) is 0 Å². The van der Waals surface area contributed by atoms with Gasteiger partial charge in [0.05, 0.1) is 0 Å². The van der Waals surface area contributed by atoms with Crippen LogP contribution >= 0.6 is 0 Å². The summed E-state index contributed by atoms with van der Waals surface area (Å²) < 4.78 is 0. The number of carboxylic acid groups (broad SMARTS) is 1. The fraction of sp³-hybridized carbons (Fsp3) is 0.769. The van der Waals surface area contributed by atoms with E-state index in [1.54, 1.807) is 0 Å². The van der Waals surface area contributed by atoms with Crippen LogP contribution < -0.4 is 10.6 Å². The van der Waals surface area contributed by atoms with Gasteiger partial charge in [-0.25, -0.2) is 4.79 Å². The average molecular weight is 285 g/mol. The number of likely N-dealkylation sites (tertiary alicyclic amines) is 1. The van der Waals surface area contributed by atoms with Gasteiger partial charge in [-0.2, -0.15) is 0 Å². The highest BCUT2D eigenvalue weighted by atomic mass is 16.4. The molecule has 1 heterocycles. The largest absolute Gasteiger partial charge is 0.481 e. The number of carbonyl (C=O) groups is 3. The molecular weight excluding hydrogens is 262 g/mol. The number of hydrogen-bond donors (Lipinski definition) is 3. The van der Waals surface area contributed by atoms with Gasteiger partial charge in [-0.1, -0.05) is 6.92 Å². The van der Waals surface area contributed by atoms with Crippen LogP contribution in [0.5, 0.6) is 0 Å². The molecule has 7 nitrogen and oxygen atoms in total. The van der Waals surface area contributed by atoms with E-state index in [1.165, 1.54) is 0 Å². The number of urea groups is 1. The molecule has 0 aromatic carbocycles. The van der Waals surface area contributed by atoms with Crippen LogP contribution in [-0.4, -0.2) is 53.6 Å². The number of carbonyl (C=O) groups excluding carboxylic acids is 2. The molecule has 114 valence electrons. The zero-order chi connectivity index (χ0) is 15.0. The van der Waals surface area contributed by atoms with Gasteiger partial charge in [0.15, 0.2) is 0 Å². The van der Waals surface area contributed by atoms with Crippen LogP contribution in [0.2, 0.25) is 0 Å². The van der Waals surface area contributed by atoms with E-state index in [0.29, 0.717) is 0 Å². The molecule has 7 heteroatoms. The van der Waals surface area contributed by atoms with Crippen LogP contribution in [0.1, 0.15) is 39.0 Å². The van der Waals surface area contributed by atoms with Crippen molar-refractivity contribution in [3.63, 3.8) is 0 Å². The van der Waals surface area contributed by atoms with E-state index < -0.39 is 17.9 Å². The van der Waals surface area contributed by atoms with Crippen molar-refractivity contribution in [1.82, 2.24) is 15.5 Å². The molecule has 1 rings (SSSR count). The zero-order valence-electron chi connectivity index (χ0n) is 11.9. The predicted molar refractivity (Wildman–Crippen MR) is 73.3 cm³/mol. The van der Waals surface area contributed by atoms with E-state index in [1.807, 2.05) is 0 Å². The Morgan fingerprint density at radius 3 is 2.70 bits per heavy atom. The first kappa shape index (κ1) is 16.4. The van der Waals surface area contributed by atoms with Crippen molar-refractivity contribution in [3.8, 4) is 0 Å². The van der Waals surface area contributed by atoms with E-state index in [4.69, 9.17) is 5.11 Å². The van der Waals surface area contributed by atoms with Crippen LogP contribution in [-0.2, 0) is 9.59 Å². The number of imide groups is 1. The Kier molecular flexibility index (Phi) is 7.00. The van der Waals surface area contributed by atoms with Gasteiger partial charge in [0.25, 0.3) is 0 Å². The lowest BCUT2D eigenvalue weighted by Gasteiger charge is -2.32. The number of aliphatic carboxylic acids is 1. The first-order valence-electron chi connectivity index (χ1n) is 7.05. The first-order valence-corrected chi connectivity index (χ1v) is 7.05. The molecular formula is C13H23N3O4. The van der Waals surface area contributed by atoms with Gasteiger partial charge in [-0.15, -0.1) is 0 Å². The van der Waals surface area contributed by atoms with E-state index >= 15 is 0 Å². The molecule has 1 aliphatic rings. The second-order valence-electron chi connectivity index (χ2n) is 5.00. The summed E-state index contributed by atoms with van der Waals surface area (Å²) >= 11 is 0. The summed E-state index contributed by atoms with van der Waals surface area (Å²) in [6, 6.07) is -0.427. The zero-order valence-corrected chi connectivity index (χ0v) is 11.9. The van der Waals surface area contributed by atoms with Crippen LogP contribution in [0.15, 0.2) is 0 Å². The number of hydrogen-bond acceptors (Lipinski definition) is 4. The lowest BCUT2D eigenvalue weighted by Crippen LogP contribution is -2.51. The maximum atomic E-state index is 11.6. The molecule has 1 fully saturated rings. The normalized spacial score (nSPS) is 19.4. The molecule has 0 radical (unpaired) electrons. The molecule has 1 saturated heterocycles. The molecule has 0 aliphatic carbocycles. The molecule has 1 unspecified atom stereocenters. The highest BCUT2D eigenvalue weighted by Crippen LogP contribution is 2.09. The van der Waals surface area contributed by atoms with Crippen molar-refractivity contribution in [2.24, 2.45) is 0 Å². The number of nitrogens with zero attached hydrogens (tertiary/aromatic N) is 1. The maximum Gasteiger partial charge on any atom is 0.321 e. The summed E-state index contributed by atoms with van der Waals surface area (Å²) in [4.78, 5) is 35.6. The molecule has 20 heavy (non-hydrogen) atoms. The Morgan fingerprint density at radius 2 is 2.05 bits per heavy atom. The minimum absolute atomic E-state index is 0.0471. The summed E-state index contributed by atoms with van der Waals surface area (Å²) in [5.74, 6) is -1.38.